The first-order valence-corrected chi connectivity index (χ1v) is 36.4. The molecule has 8 heterocycles. The normalized spacial score (nSPS) is 12.0. The number of benzene rings is 16. The summed E-state index contributed by atoms with van der Waals surface area (Å²) in [5.41, 5.74) is 25.4. The van der Waals surface area contributed by atoms with Crippen LogP contribution >= 0.6 is 15.9 Å². The second-order valence-corrected chi connectivity index (χ2v) is 28.3. The summed E-state index contributed by atoms with van der Waals surface area (Å²) in [7, 11) is 0.680. The topological polar surface area (TPSA) is 135 Å². The molecular weight excluding hydrogens is 1400 g/mol. The predicted octanol–water partition coefficient (Wildman–Crippen LogP) is 28.3. The Balaban J connectivity index is 0.000000109. The van der Waals surface area contributed by atoms with Gasteiger partial charge in [0.05, 0.1) is 0 Å². The molecule has 0 unspecified atom stereocenters. The van der Waals surface area contributed by atoms with Gasteiger partial charge < -0.3 is 45.0 Å². The van der Waals surface area contributed by atoms with Gasteiger partial charge in [-0.3, -0.25) is 0 Å². The molecular formula is C96H53BBrO10. The molecule has 0 aliphatic heterocycles. The van der Waals surface area contributed by atoms with Crippen LogP contribution in [0.25, 0.3) is 231 Å². The molecule has 0 aliphatic carbocycles. The van der Waals surface area contributed by atoms with Gasteiger partial charge in [0.1, 0.15) is 95.1 Å². The van der Waals surface area contributed by atoms with Crippen LogP contribution in [0.2, 0.25) is 0 Å². The van der Waals surface area contributed by atoms with Crippen molar-refractivity contribution in [3.05, 3.63) is 320 Å². The maximum atomic E-state index is 8.91. The molecule has 16 aromatic carbocycles. The summed E-state index contributed by atoms with van der Waals surface area (Å²) in [6.07, 6.45) is 0. The average Bonchev–Trinajstić information content (AvgIpc) is 1.61. The molecule has 1 radical (unpaired) electrons. The van der Waals surface area contributed by atoms with Crippen molar-refractivity contribution < 1.29 is 45.0 Å². The van der Waals surface area contributed by atoms with Crippen molar-refractivity contribution in [3.63, 3.8) is 0 Å². The highest BCUT2D eigenvalue weighted by Gasteiger charge is 2.19. The maximum Gasteiger partial charge on any atom is 0.569 e. The Kier molecular flexibility index (Phi) is 13.9. The Morgan fingerprint density at radius 3 is 0.593 bits per heavy atom. The van der Waals surface area contributed by atoms with E-state index >= 15 is 0 Å². The molecule has 108 heavy (non-hydrogen) atoms. The molecule has 0 amide bonds. The zero-order valence-corrected chi connectivity index (χ0v) is 58.7. The monoisotopic (exact) mass is 1460 g/mol. The summed E-state index contributed by atoms with van der Waals surface area (Å²) in [6.45, 7) is 0. The molecule has 0 atom stereocenters. The lowest BCUT2D eigenvalue weighted by Crippen LogP contribution is -1.98. The summed E-state index contributed by atoms with van der Waals surface area (Å²) >= 11 is 3.56. The maximum absolute atomic E-state index is 8.91. The number of para-hydroxylation sites is 4. The van der Waals surface area contributed by atoms with Gasteiger partial charge in [-0.2, -0.15) is 0 Å². The molecule has 24 rings (SSSR count). The van der Waals surface area contributed by atoms with Gasteiger partial charge in [-0.25, -0.2) is 0 Å². The fourth-order valence-corrected chi connectivity index (χ4v) is 16.3. The Morgan fingerprint density at radius 1 is 0.185 bits per heavy atom. The summed E-state index contributed by atoms with van der Waals surface area (Å²) in [4.78, 5) is 0. The van der Waals surface area contributed by atoms with Gasteiger partial charge in [-0.05, 0) is 238 Å². The second-order valence-electron chi connectivity index (χ2n) is 27.4. The fourth-order valence-electron chi connectivity index (χ4n) is 15.9. The van der Waals surface area contributed by atoms with Gasteiger partial charge in [0.25, 0.3) is 0 Å². The third-order valence-electron chi connectivity index (χ3n) is 21.2. The van der Waals surface area contributed by atoms with Crippen LogP contribution in [-0.4, -0.2) is 12.7 Å². The minimum atomic E-state index is 0.555. The molecule has 0 spiro atoms. The van der Waals surface area contributed by atoms with E-state index in [9.17, 15) is 0 Å². The van der Waals surface area contributed by atoms with Gasteiger partial charge in [0.2, 0.25) is 0 Å². The van der Waals surface area contributed by atoms with Crippen LogP contribution in [0.5, 0.6) is 5.75 Å². The molecule has 12 heteroatoms. The van der Waals surface area contributed by atoms with E-state index in [2.05, 4.69) is 228 Å². The van der Waals surface area contributed by atoms with Gasteiger partial charge in [-0.1, -0.05) is 149 Å². The number of halogens is 1. The zero-order chi connectivity index (χ0) is 71.2. The van der Waals surface area contributed by atoms with E-state index in [0.717, 1.165) is 230 Å². The highest BCUT2D eigenvalue weighted by Crippen LogP contribution is 2.44. The van der Waals surface area contributed by atoms with Crippen LogP contribution in [0, 0.1) is 0 Å². The third-order valence-corrected chi connectivity index (χ3v) is 21.7. The number of fused-ring (bicyclic) bond motifs is 24. The van der Waals surface area contributed by atoms with Crippen molar-refractivity contribution in [1.82, 2.24) is 0 Å². The number of rotatable bonds is 7. The highest BCUT2D eigenvalue weighted by molar-refractivity contribution is 9.10. The second kappa shape index (κ2) is 24.4. The number of hydrogen-bond donors (Lipinski definition) is 1. The van der Waals surface area contributed by atoms with Gasteiger partial charge in [0, 0.05) is 90.7 Å². The van der Waals surface area contributed by atoms with Crippen LogP contribution in [0.4, 0.5) is 0 Å². The average molecular weight is 1460 g/mol. The largest absolute Gasteiger partial charge is 0.569 e. The van der Waals surface area contributed by atoms with Crippen LogP contribution in [0.3, 0.4) is 0 Å². The number of furan rings is 8. The van der Waals surface area contributed by atoms with Crippen LogP contribution in [0.1, 0.15) is 0 Å². The smallest absolute Gasteiger partial charge is 0.537 e. The highest BCUT2D eigenvalue weighted by atomic mass is 79.9. The standard InChI is InChI=1S/C48H26O4.C24H14BO4.C24H13BrO2/c1-3-7-41-33(5-1)35-21-27(9-15-43(35)49-41)29-11-17-45-37(23-29)39-25-31(13-19-47(39)51-45)32-14-20-48-40(26-32)38-24-30(12-18-46(38)52-48)28-10-16-44-36(22-28)34-6-2-4-8-42(34)50-44;26-25-29-16-7-10-24-20(13-16)19-12-15(6-9-23(19)28-24)14-5-8-22-18(11-14)17-3-1-2-4-21(17)27-22;25-16-7-10-24-20(13-16)19-12-15(6-9-23(19)27-24)14-5-8-22-18(11-14)17-3-1-2-4-21(17)26-22/h1-26H;1-13,26H;1-13H. The van der Waals surface area contributed by atoms with E-state index in [0.29, 0.717) is 13.4 Å². The summed E-state index contributed by atoms with van der Waals surface area (Å²) < 4.78 is 54.8. The van der Waals surface area contributed by atoms with E-state index in [4.69, 9.17) is 45.0 Å². The molecule has 10 nitrogen and oxygen atoms in total. The molecule has 0 bridgehead atoms. The summed E-state index contributed by atoms with van der Waals surface area (Å²) in [5, 5.41) is 26.5. The molecule has 0 saturated heterocycles. The minimum absolute atomic E-state index is 0.555. The molecule has 24 aromatic rings. The van der Waals surface area contributed by atoms with Crippen molar-refractivity contribution in [1.29, 1.82) is 0 Å². The molecule has 0 saturated carbocycles. The Hall–Kier alpha value is -13.8. The third kappa shape index (κ3) is 10.3. The lowest BCUT2D eigenvalue weighted by molar-refractivity contribution is 0.454. The van der Waals surface area contributed by atoms with Crippen LogP contribution in [-0.2, 0) is 0 Å². The molecule has 0 fully saturated rings. The summed E-state index contributed by atoms with van der Waals surface area (Å²) in [6, 6.07) is 108. The van der Waals surface area contributed by atoms with Gasteiger partial charge in [0.15, 0.2) is 0 Å². The minimum Gasteiger partial charge on any atom is -0.537 e. The van der Waals surface area contributed by atoms with Gasteiger partial charge in [-0.15, -0.1) is 0 Å². The fraction of sp³-hybridized carbons (Fsp3) is 0. The number of hydrogen-bond acceptors (Lipinski definition) is 10. The predicted molar refractivity (Wildman–Crippen MR) is 441 cm³/mol. The first-order chi connectivity index (χ1) is 53.3. The van der Waals surface area contributed by atoms with Crippen LogP contribution < -0.4 is 4.65 Å². The van der Waals surface area contributed by atoms with Gasteiger partial charge >= 0.3 is 7.69 Å². The van der Waals surface area contributed by atoms with Crippen molar-refractivity contribution in [2.24, 2.45) is 0 Å². The van der Waals surface area contributed by atoms with E-state index in [1.54, 1.807) is 6.07 Å². The zero-order valence-electron chi connectivity index (χ0n) is 57.1. The molecule has 0 aliphatic rings. The SMILES string of the molecule is Brc1ccc2oc3ccc(-c4ccc5oc6ccccc6c5c4)cc3c2c1.O[B]Oc1ccc2oc3ccc(-c4ccc5oc6ccccc6c5c4)cc3c2c1.c1ccc2c(c1)oc1ccc(-c3ccc4oc5ccc(-c6ccc7oc8ccc(-c9ccc%10oc%11ccccc%11c%10c9)cc8c7c6)cc5c4c3)cc12. The van der Waals surface area contributed by atoms with Crippen molar-refractivity contribution in [2.45, 2.75) is 0 Å². The van der Waals surface area contributed by atoms with E-state index in [-0.39, 0.29) is 0 Å². The Labute approximate surface area is 621 Å². The Morgan fingerprint density at radius 2 is 0.361 bits per heavy atom. The Bertz CT molecular complexity index is 7590. The molecule has 1 N–H and O–H groups in total. The van der Waals surface area contributed by atoms with Crippen molar-refractivity contribution in [2.75, 3.05) is 0 Å². The first kappa shape index (κ1) is 61.7. The lowest BCUT2D eigenvalue weighted by Gasteiger charge is -2.04. The van der Waals surface area contributed by atoms with Crippen molar-refractivity contribution in [3.8, 4) is 61.4 Å². The summed E-state index contributed by atoms with van der Waals surface area (Å²) in [5.74, 6) is 0.555. The van der Waals surface area contributed by atoms with E-state index in [1.165, 1.54) is 5.56 Å². The quantitative estimate of drug-likeness (QED) is 0.154. The lowest BCUT2D eigenvalue weighted by atomic mass is 9.98. The van der Waals surface area contributed by atoms with Crippen LogP contribution in [0.15, 0.2) is 355 Å². The molecule has 8 aromatic heterocycles. The van der Waals surface area contributed by atoms with E-state index < -0.39 is 0 Å². The van der Waals surface area contributed by atoms with Crippen molar-refractivity contribution >= 4 is 199 Å². The molecule has 507 valence electrons. The first-order valence-electron chi connectivity index (χ1n) is 35.6. The van der Waals surface area contributed by atoms with E-state index in [1.807, 2.05) is 97.1 Å².